The Morgan fingerprint density at radius 2 is 2.03 bits per heavy atom. The second kappa shape index (κ2) is 10.4. The second-order valence-electron chi connectivity index (χ2n) is 8.99. The van der Waals surface area contributed by atoms with Crippen molar-refractivity contribution in [2.24, 2.45) is 5.16 Å². The summed E-state index contributed by atoms with van der Waals surface area (Å²) in [6.07, 6.45) is 2.44. The number of benzene rings is 1. The number of oxime groups is 1. The third kappa shape index (κ3) is 5.16. The molecule has 1 amide bonds. The van der Waals surface area contributed by atoms with Crippen LogP contribution in [0.4, 0.5) is 10.3 Å². The summed E-state index contributed by atoms with van der Waals surface area (Å²) >= 11 is 0. The number of amidine groups is 1. The van der Waals surface area contributed by atoms with Gasteiger partial charge in [0.05, 0.1) is 35.8 Å². The number of aromatic nitrogens is 3. The summed E-state index contributed by atoms with van der Waals surface area (Å²) in [6, 6.07) is 9.51. The molecular formula is C26H28FN7O3. The van der Waals surface area contributed by atoms with E-state index in [-0.39, 0.29) is 30.3 Å². The zero-order valence-electron chi connectivity index (χ0n) is 20.7. The molecule has 1 fully saturated rings. The van der Waals surface area contributed by atoms with Crippen LogP contribution in [-0.4, -0.2) is 58.4 Å². The van der Waals surface area contributed by atoms with Gasteiger partial charge in [-0.25, -0.2) is 19.3 Å². The van der Waals surface area contributed by atoms with E-state index in [1.165, 1.54) is 19.2 Å². The van der Waals surface area contributed by atoms with Crippen LogP contribution in [0.15, 0.2) is 41.6 Å². The Hall–Kier alpha value is -4.28. The van der Waals surface area contributed by atoms with Gasteiger partial charge in [0, 0.05) is 31.1 Å². The molecule has 0 bridgehead atoms. The highest BCUT2D eigenvalue weighted by atomic mass is 19.1. The fraction of sp³-hybridized carbons (Fsp3) is 0.346. The summed E-state index contributed by atoms with van der Waals surface area (Å²) in [6.45, 7) is 3.11. The Morgan fingerprint density at radius 1 is 1.22 bits per heavy atom. The normalized spacial score (nSPS) is 17.9. The molecule has 11 heteroatoms. The van der Waals surface area contributed by atoms with E-state index in [2.05, 4.69) is 25.4 Å². The molecule has 1 atom stereocenters. The van der Waals surface area contributed by atoms with Gasteiger partial charge in [0.15, 0.2) is 12.4 Å². The molecule has 0 radical (unpaired) electrons. The van der Waals surface area contributed by atoms with Crippen molar-refractivity contribution in [1.29, 1.82) is 0 Å². The van der Waals surface area contributed by atoms with Crippen molar-refractivity contribution in [3.05, 3.63) is 64.7 Å². The number of nitrogens with zero attached hydrogens (tertiary/aromatic N) is 5. The minimum absolute atomic E-state index is 0.107. The minimum atomic E-state index is -0.389. The van der Waals surface area contributed by atoms with Crippen molar-refractivity contribution in [2.75, 3.05) is 32.5 Å². The van der Waals surface area contributed by atoms with E-state index in [9.17, 15) is 9.18 Å². The van der Waals surface area contributed by atoms with Crippen molar-refractivity contribution >= 4 is 17.7 Å². The fourth-order valence-electron chi connectivity index (χ4n) is 4.80. The molecule has 0 spiro atoms. The van der Waals surface area contributed by atoms with Crippen LogP contribution in [0.5, 0.6) is 5.88 Å². The van der Waals surface area contributed by atoms with Crippen LogP contribution in [0.3, 0.4) is 0 Å². The molecule has 4 heterocycles. The van der Waals surface area contributed by atoms with Crippen molar-refractivity contribution in [1.82, 2.24) is 25.2 Å². The smallest absolute Gasteiger partial charge is 0.263 e. The molecule has 10 nitrogen and oxygen atoms in total. The van der Waals surface area contributed by atoms with Crippen LogP contribution < -0.4 is 15.8 Å². The Labute approximate surface area is 213 Å². The van der Waals surface area contributed by atoms with E-state index in [4.69, 9.17) is 15.3 Å². The average Bonchev–Trinajstić information content (AvgIpc) is 3.43. The van der Waals surface area contributed by atoms with Gasteiger partial charge in [-0.3, -0.25) is 4.79 Å². The number of nitrogen functional groups attached to an aromatic ring is 1. The number of pyridine rings is 1. The molecule has 2 aliphatic heterocycles. The molecular weight excluding hydrogens is 477 g/mol. The maximum atomic E-state index is 14.4. The predicted octanol–water partition coefficient (Wildman–Crippen LogP) is 2.76. The lowest BCUT2D eigenvalue weighted by Crippen LogP contribution is -2.38. The molecule has 37 heavy (non-hydrogen) atoms. The van der Waals surface area contributed by atoms with Crippen molar-refractivity contribution in [3.63, 3.8) is 0 Å². The molecule has 3 N–H and O–H groups in total. The topological polar surface area (TPSA) is 128 Å². The van der Waals surface area contributed by atoms with Crippen LogP contribution in [0.1, 0.15) is 41.4 Å². The molecule has 1 aromatic carbocycles. The summed E-state index contributed by atoms with van der Waals surface area (Å²) in [5.74, 6) is 0.454. The van der Waals surface area contributed by atoms with E-state index in [0.29, 0.717) is 46.3 Å². The molecule has 2 aromatic heterocycles. The summed E-state index contributed by atoms with van der Waals surface area (Å²) in [5, 5.41) is 7.66. The number of fused-ring (bicyclic) bond motifs is 1. The second-order valence-corrected chi connectivity index (χ2v) is 8.99. The van der Waals surface area contributed by atoms with Crippen LogP contribution in [-0.2, 0) is 16.1 Å². The molecule has 0 aliphatic carbocycles. The monoisotopic (exact) mass is 505 g/mol. The Kier molecular flexibility index (Phi) is 6.85. The molecule has 1 saturated heterocycles. The number of ether oxygens (including phenoxy) is 1. The van der Waals surface area contributed by atoms with Crippen molar-refractivity contribution in [3.8, 4) is 17.1 Å². The molecule has 5 rings (SSSR count). The maximum Gasteiger partial charge on any atom is 0.263 e. The van der Waals surface area contributed by atoms with Gasteiger partial charge in [-0.15, -0.1) is 0 Å². The number of hydrogen-bond acceptors (Lipinski definition) is 8. The number of carbonyl (C=O) groups is 1. The number of methoxy groups -OCH3 is 1. The Balaban J connectivity index is 1.50. The highest BCUT2D eigenvalue weighted by molar-refractivity contribution is 6.01. The van der Waals surface area contributed by atoms with Crippen LogP contribution >= 0.6 is 0 Å². The van der Waals surface area contributed by atoms with E-state index in [1.807, 2.05) is 6.92 Å². The largest absolute Gasteiger partial charge is 0.481 e. The van der Waals surface area contributed by atoms with Gasteiger partial charge in [0.25, 0.3) is 5.91 Å². The summed E-state index contributed by atoms with van der Waals surface area (Å²) in [7, 11) is 1.53. The van der Waals surface area contributed by atoms with Gasteiger partial charge >= 0.3 is 0 Å². The quantitative estimate of drug-likeness (QED) is 0.490. The van der Waals surface area contributed by atoms with Gasteiger partial charge < -0.3 is 25.5 Å². The Morgan fingerprint density at radius 3 is 2.81 bits per heavy atom. The van der Waals surface area contributed by atoms with Gasteiger partial charge in [-0.2, -0.15) is 0 Å². The summed E-state index contributed by atoms with van der Waals surface area (Å²) in [5.41, 5.74) is 9.88. The lowest BCUT2D eigenvalue weighted by molar-refractivity contribution is -0.135. The minimum Gasteiger partial charge on any atom is -0.481 e. The highest BCUT2D eigenvalue weighted by Crippen LogP contribution is 2.34. The summed E-state index contributed by atoms with van der Waals surface area (Å²) in [4.78, 5) is 32.9. The lowest BCUT2D eigenvalue weighted by Gasteiger charge is -2.29. The summed E-state index contributed by atoms with van der Waals surface area (Å²) < 4.78 is 19.6. The molecule has 3 aromatic rings. The average molecular weight is 506 g/mol. The number of halogens is 1. The fourth-order valence-corrected chi connectivity index (χ4v) is 4.80. The van der Waals surface area contributed by atoms with Gasteiger partial charge in [-0.1, -0.05) is 17.3 Å². The molecule has 2 aliphatic rings. The van der Waals surface area contributed by atoms with Crippen molar-refractivity contribution in [2.45, 2.75) is 32.2 Å². The first-order valence-corrected chi connectivity index (χ1v) is 12.1. The number of nitrogens with two attached hydrogens (primary N) is 1. The number of hydrogen-bond donors (Lipinski definition) is 2. The number of nitrogens with one attached hydrogen (secondary N) is 1. The number of anilines is 1. The third-order valence-electron chi connectivity index (χ3n) is 6.53. The number of carbonyl (C=O) groups excluding carboxylic acids is 1. The van der Waals surface area contributed by atoms with E-state index >= 15 is 0 Å². The SMILES string of the molecule is COc1cccc(-c2cc(F)ccc2[C@H]2Cc3nc(N)nc(C)c3/C(=N/OCC(=O)N3CCCC3)N2)n1. The first-order chi connectivity index (χ1) is 17.9. The van der Waals surface area contributed by atoms with E-state index < -0.39 is 0 Å². The first kappa shape index (κ1) is 24.4. The standard InChI is InChI=1S/C26H28FN7O3/c1-15-24-21(32-26(28)29-15)13-20(31-25(24)33-37-14-23(35)34-10-3-4-11-34)17-9-8-16(27)12-18(17)19-6-5-7-22(30-19)36-2/h5-9,12,20H,3-4,10-11,13-14H2,1-2H3,(H,31,33)(H2,28,29,32)/t20-/m1/s1. The number of rotatable bonds is 6. The van der Waals surface area contributed by atoms with Crippen LogP contribution in [0.2, 0.25) is 0 Å². The Bertz CT molecular complexity index is 1360. The zero-order valence-corrected chi connectivity index (χ0v) is 20.7. The van der Waals surface area contributed by atoms with Gasteiger partial charge in [-0.05, 0) is 43.5 Å². The van der Waals surface area contributed by atoms with E-state index in [1.54, 1.807) is 29.2 Å². The maximum absolute atomic E-state index is 14.4. The third-order valence-corrected chi connectivity index (χ3v) is 6.53. The van der Waals surface area contributed by atoms with Crippen LogP contribution in [0, 0.1) is 12.7 Å². The van der Waals surface area contributed by atoms with Crippen molar-refractivity contribution < 1.29 is 18.8 Å². The first-order valence-electron chi connectivity index (χ1n) is 12.1. The predicted molar refractivity (Wildman–Crippen MR) is 135 cm³/mol. The highest BCUT2D eigenvalue weighted by Gasteiger charge is 2.30. The number of aryl methyl sites for hydroxylation is 1. The number of amides is 1. The molecule has 192 valence electrons. The van der Waals surface area contributed by atoms with Gasteiger partial charge in [0.2, 0.25) is 11.8 Å². The van der Waals surface area contributed by atoms with Crippen LogP contribution in [0.25, 0.3) is 11.3 Å². The lowest BCUT2D eigenvalue weighted by atomic mass is 9.90. The zero-order chi connectivity index (χ0) is 25.9. The molecule has 0 unspecified atom stereocenters. The van der Waals surface area contributed by atoms with E-state index in [0.717, 1.165) is 31.5 Å². The molecule has 0 saturated carbocycles. The van der Waals surface area contributed by atoms with Gasteiger partial charge in [0.1, 0.15) is 5.82 Å². The number of likely N-dealkylation sites (tertiary alicyclic amines) is 1.